The Morgan fingerprint density at radius 1 is 1.53 bits per heavy atom. The van der Waals surface area contributed by atoms with E-state index >= 15 is 0 Å². The summed E-state index contributed by atoms with van der Waals surface area (Å²) < 4.78 is 1.96. The second kappa shape index (κ2) is 6.40. The van der Waals surface area contributed by atoms with Crippen molar-refractivity contribution in [1.82, 2.24) is 20.1 Å². The Labute approximate surface area is 108 Å². The van der Waals surface area contributed by atoms with Crippen molar-refractivity contribution in [2.24, 2.45) is 0 Å². The summed E-state index contributed by atoms with van der Waals surface area (Å²) in [5.41, 5.74) is 0. The van der Waals surface area contributed by atoms with Gasteiger partial charge < -0.3 is 5.32 Å². The largest absolute Gasteiger partial charge is 0.307 e. The highest BCUT2D eigenvalue weighted by Gasteiger charge is 2.21. The minimum atomic E-state index is 0.656. The summed E-state index contributed by atoms with van der Waals surface area (Å²) in [6.07, 6.45) is 9.19. The predicted octanol–water partition coefficient (Wildman–Crippen LogP) is 2.06. The van der Waals surface area contributed by atoms with Crippen molar-refractivity contribution >= 4 is 11.8 Å². The normalized spacial score (nSPS) is 25.1. The average molecular weight is 254 g/mol. The van der Waals surface area contributed by atoms with Crippen LogP contribution in [-0.2, 0) is 13.1 Å². The maximum atomic E-state index is 4.29. The van der Waals surface area contributed by atoms with Crippen LogP contribution in [0.3, 0.4) is 0 Å². The first kappa shape index (κ1) is 12.9. The van der Waals surface area contributed by atoms with Crippen molar-refractivity contribution in [3.63, 3.8) is 0 Å². The highest BCUT2D eigenvalue weighted by atomic mass is 32.2. The van der Waals surface area contributed by atoms with Crippen LogP contribution in [0.25, 0.3) is 0 Å². The highest BCUT2D eigenvalue weighted by molar-refractivity contribution is 7.99. The number of thioether (sulfide) groups is 1. The van der Waals surface area contributed by atoms with Crippen LogP contribution in [-0.4, -0.2) is 32.3 Å². The lowest BCUT2D eigenvalue weighted by Crippen LogP contribution is -2.35. The van der Waals surface area contributed by atoms with Crippen LogP contribution in [0.4, 0.5) is 0 Å². The third kappa shape index (κ3) is 3.45. The zero-order valence-corrected chi connectivity index (χ0v) is 11.5. The van der Waals surface area contributed by atoms with Gasteiger partial charge in [0, 0.05) is 17.8 Å². The molecule has 96 valence electrons. The van der Waals surface area contributed by atoms with E-state index in [9.17, 15) is 0 Å². The summed E-state index contributed by atoms with van der Waals surface area (Å²) in [4.78, 5) is 4.29. The van der Waals surface area contributed by atoms with Gasteiger partial charge in [0.15, 0.2) is 0 Å². The lowest BCUT2D eigenvalue weighted by molar-refractivity contribution is 0.372. The minimum Gasteiger partial charge on any atom is -0.307 e. The standard InChI is InChI=1S/C12H22N4S/c1-3-16-12(14-9-15-16)8-13-10-5-4-6-11(7-10)17-2/h9-11,13H,3-8H2,1-2H3. The van der Waals surface area contributed by atoms with E-state index < -0.39 is 0 Å². The predicted molar refractivity (Wildman–Crippen MR) is 72.1 cm³/mol. The molecule has 1 aliphatic carbocycles. The molecule has 0 bridgehead atoms. The first-order chi connectivity index (χ1) is 8.33. The molecule has 2 atom stereocenters. The summed E-state index contributed by atoms with van der Waals surface area (Å²) in [5, 5.41) is 8.66. The maximum Gasteiger partial charge on any atom is 0.140 e. The third-order valence-corrected chi connectivity index (χ3v) is 4.60. The molecule has 4 nitrogen and oxygen atoms in total. The molecule has 1 aliphatic rings. The molecule has 0 radical (unpaired) electrons. The molecule has 0 saturated heterocycles. The lowest BCUT2D eigenvalue weighted by atomic mass is 9.95. The van der Waals surface area contributed by atoms with E-state index in [0.29, 0.717) is 6.04 Å². The zero-order chi connectivity index (χ0) is 12.1. The van der Waals surface area contributed by atoms with Gasteiger partial charge in [-0.15, -0.1) is 0 Å². The Bertz CT molecular complexity index is 339. The van der Waals surface area contributed by atoms with Gasteiger partial charge in [-0.2, -0.15) is 16.9 Å². The van der Waals surface area contributed by atoms with Gasteiger partial charge in [0.25, 0.3) is 0 Å². The molecule has 5 heteroatoms. The fourth-order valence-electron chi connectivity index (χ4n) is 2.47. The van der Waals surface area contributed by atoms with Crippen LogP contribution in [0.1, 0.15) is 38.4 Å². The van der Waals surface area contributed by atoms with Gasteiger partial charge in [-0.25, -0.2) is 9.67 Å². The number of aryl methyl sites for hydroxylation is 1. The summed E-state index contributed by atoms with van der Waals surface area (Å²) in [6, 6.07) is 0.656. The summed E-state index contributed by atoms with van der Waals surface area (Å²) in [6.45, 7) is 3.84. The molecule has 0 aliphatic heterocycles. The monoisotopic (exact) mass is 254 g/mol. The fourth-order valence-corrected chi connectivity index (χ4v) is 3.30. The molecular weight excluding hydrogens is 232 g/mol. The lowest BCUT2D eigenvalue weighted by Gasteiger charge is -2.28. The molecule has 2 rings (SSSR count). The topological polar surface area (TPSA) is 42.7 Å². The van der Waals surface area contributed by atoms with E-state index in [1.165, 1.54) is 25.7 Å². The molecule has 1 N–H and O–H groups in total. The molecule has 0 spiro atoms. The number of rotatable bonds is 5. The van der Waals surface area contributed by atoms with Crippen molar-refractivity contribution in [2.75, 3.05) is 6.26 Å². The molecule has 0 aromatic carbocycles. The third-order valence-electron chi connectivity index (χ3n) is 3.50. The number of aromatic nitrogens is 3. The quantitative estimate of drug-likeness (QED) is 0.873. The van der Waals surface area contributed by atoms with E-state index in [1.54, 1.807) is 6.33 Å². The van der Waals surface area contributed by atoms with Gasteiger partial charge in [0.1, 0.15) is 12.2 Å². The molecule has 1 aromatic heterocycles. The van der Waals surface area contributed by atoms with Crippen molar-refractivity contribution in [1.29, 1.82) is 0 Å². The van der Waals surface area contributed by atoms with Crippen LogP contribution in [0.5, 0.6) is 0 Å². The molecule has 0 amide bonds. The maximum absolute atomic E-state index is 4.29. The van der Waals surface area contributed by atoms with Crippen molar-refractivity contribution in [2.45, 2.75) is 57.0 Å². The molecule has 2 unspecified atom stereocenters. The van der Waals surface area contributed by atoms with Crippen LogP contribution < -0.4 is 5.32 Å². The molecule has 1 aromatic rings. The van der Waals surface area contributed by atoms with Gasteiger partial charge in [-0.3, -0.25) is 0 Å². The smallest absolute Gasteiger partial charge is 0.140 e. The van der Waals surface area contributed by atoms with Crippen LogP contribution in [0.15, 0.2) is 6.33 Å². The van der Waals surface area contributed by atoms with E-state index in [1.807, 2.05) is 16.4 Å². The van der Waals surface area contributed by atoms with Crippen LogP contribution in [0, 0.1) is 0 Å². The molecule has 1 heterocycles. The van der Waals surface area contributed by atoms with Gasteiger partial charge in [0.2, 0.25) is 0 Å². The summed E-state index contributed by atoms with van der Waals surface area (Å²) in [5.74, 6) is 1.05. The second-order valence-electron chi connectivity index (χ2n) is 4.59. The van der Waals surface area contributed by atoms with Gasteiger partial charge in [-0.1, -0.05) is 6.42 Å². The Morgan fingerprint density at radius 3 is 3.18 bits per heavy atom. The molecule has 1 saturated carbocycles. The first-order valence-corrected chi connectivity index (χ1v) is 7.75. The van der Waals surface area contributed by atoms with Crippen molar-refractivity contribution in [3.05, 3.63) is 12.2 Å². The summed E-state index contributed by atoms with van der Waals surface area (Å²) in [7, 11) is 0. The first-order valence-electron chi connectivity index (χ1n) is 6.46. The van der Waals surface area contributed by atoms with Crippen molar-refractivity contribution in [3.8, 4) is 0 Å². The Balaban J connectivity index is 1.81. The minimum absolute atomic E-state index is 0.656. The molecule has 17 heavy (non-hydrogen) atoms. The number of nitrogens with one attached hydrogen (secondary N) is 1. The van der Waals surface area contributed by atoms with Gasteiger partial charge in [-0.05, 0) is 32.4 Å². The summed E-state index contributed by atoms with van der Waals surface area (Å²) >= 11 is 2.01. The van der Waals surface area contributed by atoms with Gasteiger partial charge >= 0.3 is 0 Å². The molecular formula is C12H22N4S. The Kier molecular flexibility index (Phi) is 4.86. The average Bonchev–Trinajstić information content (AvgIpc) is 2.84. The van der Waals surface area contributed by atoms with E-state index in [-0.39, 0.29) is 0 Å². The van der Waals surface area contributed by atoms with Crippen molar-refractivity contribution < 1.29 is 0 Å². The van der Waals surface area contributed by atoms with E-state index in [4.69, 9.17) is 0 Å². The van der Waals surface area contributed by atoms with Crippen LogP contribution in [0.2, 0.25) is 0 Å². The number of hydrogen-bond acceptors (Lipinski definition) is 4. The second-order valence-corrected chi connectivity index (χ2v) is 5.73. The van der Waals surface area contributed by atoms with Crippen LogP contribution >= 0.6 is 11.8 Å². The SMILES string of the molecule is CCn1ncnc1CNC1CCCC(SC)C1. The molecule has 1 fully saturated rings. The number of hydrogen-bond donors (Lipinski definition) is 1. The number of nitrogens with zero attached hydrogens (tertiary/aromatic N) is 3. The van der Waals surface area contributed by atoms with E-state index in [0.717, 1.165) is 24.2 Å². The highest BCUT2D eigenvalue weighted by Crippen LogP contribution is 2.26. The van der Waals surface area contributed by atoms with E-state index in [2.05, 4.69) is 28.6 Å². The Hall–Kier alpha value is -0.550. The fraction of sp³-hybridized carbons (Fsp3) is 0.833. The van der Waals surface area contributed by atoms with Gasteiger partial charge in [0.05, 0.1) is 6.54 Å². The Morgan fingerprint density at radius 2 is 2.41 bits per heavy atom. The zero-order valence-electron chi connectivity index (χ0n) is 10.7.